The number of hydrogen-bond donors (Lipinski definition) is 1. The van der Waals surface area contributed by atoms with E-state index in [4.69, 9.17) is 4.74 Å². The minimum absolute atomic E-state index is 0. The Kier molecular flexibility index (Phi) is 6.57. The van der Waals surface area contributed by atoms with Crippen molar-refractivity contribution in [2.75, 3.05) is 5.32 Å². The molecule has 4 rings (SSSR count). The Morgan fingerprint density at radius 1 is 1.14 bits per heavy atom. The molecule has 2 aromatic carbocycles. The van der Waals surface area contributed by atoms with Crippen LogP contribution in [0.15, 0.2) is 66.2 Å². The summed E-state index contributed by atoms with van der Waals surface area (Å²) in [4.78, 5) is 17.2. The Hall–Kier alpha value is -2.66. The SMILES string of the molecule is O=C(Nc1nccs1)C(CC1CCCC1)c1ccc(OCc2ccccc2)cc1.[HH]. The first-order valence-electron chi connectivity index (χ1n) is 10.2. The molecule has 152 valence electrons. The second-order valence-corrected chi connectivity index (χ2v) is 8.50. The average molecular weight is 409 g/mol. The maximum atomic E-state index is 13.0. The Labute approximate surface area is 177 Å². The van der Waals surface area contributed by atoms with Gasteiger partial charge in [-0.15, -0.1) is 11.3 Å². The highest BCUT2D eigenvalue weighted by atomic mass is 32.1. The largest absolute Gasteiger partial charge is 0.489 e. The molecule has 1 aromatic heterocycles. The van der Waals surface area contributed by atoms with Crippen LogP contribution in [0.1, 0.15) is 50.6 Å². The molecule has 1 aliphatic rings. The van der Waals surface area contributed by atoms with Gasteiger partial charge in [0.25, 0.3) is 0 Å². The number of aromatic nitrogens is 1. The lowest BCUT2D eigenvalue weighted by Gasteiger charge is -2.20. The van der Waals surface area contributed by atoms with Gasteiger partial charge in [0.2, 0.25) is 5.91 Å². The number of nitrogens with zero attached hydrogens (tertiary/aromatic N) is 1. The number of amides is 1. The molecule has 1 N–H and O–H groups in total. The maximum Gasteiger partial charge on any atom is 0.233 e. The number of thiazole rings is 1. The van der Waals surface area contributed by atoms with Crippen molar-refractivity contribution in [1.29, 1.82) is 0 Å². The van der Waals surface area contributed by atoms with Gasteiger partial charge in [-0.25, -0.2) is 4.98 Å². The fraction of sp³-hybridized carbons (Fsp3) is 0.333. The maximum absolute atomic E-state index is 13.0. The third-order valence-corrected chi connectivity index (χ3v) is 6.24. The fourth-order valence-corrected chi connectivity index (χ4v) is 4.52. The summed E-state index contributed by atoms with van der Waals surface area (Å²) < 4.78 is 5.90. The van der Waals surface area contributed by atoms with Gasteiger partial charge in [-0.1, -0.05) is 68.1 Å². The van der Waals surface area contributed by atoms with Gasteiger partial charge >= 0.3 is 0 Å². The number of ether oxygens (including phenoxy) is 1. The lowest BCUT2D eigenvalue weighted by Crippen LogP contribution is -2.23. The zero-order valence-corrected chi connectivity index (χ0v) is 17.2. The summed E-state index contributed by atoms with van der Waals surface area (Å²) in [6.45, 7) is 0.538. The average Bonchev–Trinajstić information content (AvgIpc) is 3.46. The minimum atomic E-state index is -0.162. The van der Waals surface area contributed by atoms with Crippen molar-refractivity contribution in [1.82, 2.24) is 4.98 Å². The first kappa shape index (κ1) is 19.6. The number of hydrogen-bond acceptors (Lipinski definition) is 4. The molecule has 0 aliphatic heterocycles. The zero-order chi connectivity index (χ0) is 19.9. The highest BCUT2D eigenvalue weighted by Crippen LogP contribution is 2.35. The zero-order valence-electron chi connectivity index (χ0n) is 16.4. The molecule has 1 unspecified atom stereocenters. The molecular weight excluding hydrogens is 380 g/mol. The van der Waals surface area contributed by atoms with Crippen LogP contribution < -0.4 is 10.1 Å². The van der Waals surface area contributed by atoms with Gasteiger partial charge in [0.05, 0.1) is 5.92 Å². The highest BCUT2D eigenvalue weighted by molar-refractivity contribution is 7.13. The van der Waals surface area contributed by atoms with Crippen molar-refractivity contribution in [3.63, 3.8) is 0 Å². The minimum Gasteiger partial charge on any atom is -0.489 e. The lowest BCUT2D eigenvalue weighted by molar-refractivity contribution is -0.118. The second-order valence-electron chi connectivity index (χ2n) is 7.61. The van der Waals surface area contributed by atoms with E-state index in [9.17, 15) is 4.79 Å². The van der Waals surface area contributed by atoms with Crippen LogP contribution in [0.25, 0.3) is 0 Å². The molecule has 1 amide bonds. The fourth-order valence-electron chi connectivity index (χ4n) is 3.99. The summed E-state index contributed by atoms with van der Waals surface area (Å²) in [5.41, 5.74) is 2.18. The van der Waals surface area contributed by atoms with Crippen LogP contribution >= 0.6 is 11.3 Å². The number of nitrogens with one attached hydrogen (secondary N) is 1. The first-order valence-corrected chi connectivity index (χ1v) is 11.1. The molecule has 0 saturated heterocycles. The molecule has 29 heavy (non-hydrogen) atoms. The number of rotatable bonds is 8. The quantitative estimate of drug-likeness (QED) is 0.478. The van der Waals surface area contributed by atoms with E-state index in [1.807, 2.05) is 47.8 Å². The molecule has 0 spiro atoms. The summed E-state index contributed by atoms with van der Waals surface area (Å²) >= 11 is 1.45. The van der Waals surface area contributed by atoms with E-state index in [-0.39, 0.29) is 13.3 Å². The van der Waals surface area contributed by atoms with E-state index in [0.717, 1.165) is 23.3 Å². The summed E-state index contributed by atoms with van der Waals surface area (Å²) in [7, 11) is 0. The Morgan fingerprint density at radius 3 is 2.59 bits per heavy atom. The van der Waals surface area contributed by atoms with Crippen LogP contribution in [-0.2, 0) is 11.4 Å². The van der Waals surface area contributed by atoms with Gasteiger partial charge in [0, 0.05) is 13.0 Å². The predicted octanol–water partition coefficient (Wildman–Crippen LogP) is 6.27. The molecule has 1 saturated carbocycles. The van der Waals surface area contributed by atoms with E-state index in [1.54, 1.807) is 6.20 Å². The summed E-state index contributed by atoms with van der Waals surface area (Å²) in [5.74, 6) is 1.31. The van der Waals surface area contributed by atoms with Crippen LogP contribution in [-0.4, -0.2) is 10.9 Å². The third kappa shape index (κ3) is 5.45. The van der Waals surface area contributed by atoms with E-state index < -0.39 is 0 Å². The summed E-state index contributed by atoms with van der Waals surface area (Å²) in [6.07, 6.45) is 7.60. The smallest absolute Gasteiger partial charge is 0.233 e. The van der Waals surface area contributed by atoms with Gasteiger partial charge < -0.3 is 10.1 Å². The number of benzene rings is 2. The third-order valence-electron chi connectivity index (χ3n) is 5.55. The Morgan fingerprint density at radius 2 is 1.90 bits per heavy atom. The van der Waals surface area contributed by atoms with E-state index in [1.165, 1.54) is 37.0 Å². The molecule has 5 heteroatoms. The van der Waals surface area contributed by atoms with Crippen molar-refractivity contribution in [2.45, 2.75) is 44.6 Å². The van der Waals surface area contributed by atoms with E-state index in [0.29, 0.717) is 17.7 Å². The second kappa shape index (κ2) is 9.70. The van der Waals surface area contributed by atoms with Crippen LogP contribution in [0, 0.1) is 5.92 Å². The molecule has 1 aliphatic carbocycles. The first-order chi connectivity index (χ1) is 14.3. The van der Waals surface area contributed by atoms with Crippen LogP contribution in [0.4, 0.5) is 5.13 Å². The molecule has 1 atom stereocenters. The molecule has 1 heterocycles. The van der Waals surface area contributed by atoms with Gasteiger partial charge in [0.15, 0.2) is 5.13 Å². The number of carbonyl (C=O) groups is 1. The summed E-state index contributed by atoms with van der Waals surface area (Å²) in [5, 5.41) is 5.53. The standard InChI is InChI=1S/C24H26N2O2S.H2/c27-23(26-24-25-14-15-29-24)22(16-18-6-4-5-7-18)20-10-12-21(13-11-20)28-17-19-8-2-1-3-9-19;/h1-3,8-15,18,22H,4-7,16-17H2,(H,25,26,27);1H. The van der Waals surface area contributed by atoms with Crippen LogP contribution in [0.3, 0.4) is 0 Å². The Bertz CT molecular complexity index is 895. The van der Waals surface area contributed by atoms with Gasteiger partial charge in [-0.05, 0) is 35.6 Å². The predicted molar refractivity (Wildman–Crippen MR) is 119 cm³/mol. The van der Waals surface area contributed by atoms with Crippen molar-refractivity contribution in [2.24, 2.45) is 5.92 Å². The number of carbonyl (C=O) groups excluding carboxylic acids is 1. The lowest BCUT2D eigenvalue weighted by atomic mass is 9.87. The van der Waals surface area contributed by atoms with Gasteiger partial charge in [-0.2, -0.15) is 0 Å². The van der Waals surface area contributed by atoms with Gasteiger partial charge in [-0.3, -0.25) is 4.79 Å². The van der Waals surface area contributed by atoms with E-state index in [2.05, 4.69) is 22.4 Å². The Balaban J connectivity index is 0.00000256. The van der Waals surface area contributed by atoms with Crippen molar-refractivity contribution < 1.29 is 11.0 Å². The normalized spacial score (nSPS) is 15.2. The summed E-state index contributed by atoms with van der Waals surface area (Å²) in [6, 6.07) is 18.1. The van der Waals surface area contributed by atoms with Gasteiger partial charge in [0.1, 0.15) is 12.4 Å². The molecule has 1 fully saturated rings. The van der Waals surface area contributed by atoms with E-state index >= 15 is 0 Å². The van der Waals surface area contributed by atoms with Crippen molar-refractivity contribution in [3.05, 3.63) is 77.3 Å². The van der Waals surface area contributed by atoms with Crippen LogP contribution in [0.5, 0.6) is 5.75 Å². The monoisotopic (exact) mass is 408 g/mol. The van der Waals surface area contributed by atoms with Crippen molar-refractivity contribution in [3.8, 4) is 5.75 Å². The molecule has 4 nitrogen and oxygen atoms in total. The number of anilines is 1. The van der Waals surface area contributed by atoms with Crippen molar-refractivity contribution >= 4 is 22.4 Å². The molecule has 0 bridgehead atoms. The molecule has 0 radical (unpaired) electrons. The van der Waals surface area contributed by atoms with Crippen LogP contribution in [0.2, 0.25) is 0 Å². The topological polar surface area (TPSA) is 51.2 Å². The molecular formula is C24H28N2O2S. The molecule has 3 aromatic rings. The highest BCUT2D eigenvalue weighted by Gasteiger charge is 2.27.